The second-order valence-electron chi connectivity index (χ2n) is 5.67. The van der Waals surface area contributed by atoms with Crippen molar-refractivity contribution in [2.45, 2.75) is 52.1 Å². The van der Waals surface area contributed by atoms with Crippen molar-refractivity contribution in [1.82, 2.24) is 5.32 Å². The zero-order chi connectivity index (χ0) is 13.0. The number of hydrogen-bond donors (Lipinski definition) is 1. The SMILES string of the molecule is CCCCN1CC(C)(CC)NCc2ccccc21. The van der Waals surface area contributed by atoms with E-state index in [0.29, 0.717) is 0 Å². The van der Waals surface area contributed by atoms with Gasteiger partial charge in [-0.2, -0.15) is 0 Å². The second-order valence-corrected chi connectivity index (χ2v) is 5.67. The standard InChI is InChI=1S/C16H26N2/c1-4-6-11-18-13-16(3,5-2)17-12-14-9-7-8-10-15(14)18/h7-10,17H,4-6,11-13H2,1-3H3. The number of nitrogens with one attached hydrogen (secondary N) is 1. The highest BCUT2D eigenvalue weighted by Gasteiger charge is 2.28. The Morgan fingerprint density at radius 2 is 2.06 bits per heavy atom. The van der Waals surface area contributed by atoms with Gasteiger partial charge in [-0.05, 0) is 31.4 Å². The van der Waals surface area contributed by atoms with E-state index in [2.05, 4.69) is 55.3 Å². The first-order chi connectivity index (χ1) is 8.68. The van der Waals surface area contributed by atoms with Crippen LogP contribution in [0.1, 0.15) is 45.6 Å². The fourth-order valence-electron chi connectivity index (χ4n) is 2.63. The molecule has 1 aromatic rings. The van der Waals surface area contributed by atoms with Crippen molar-refractivity contribution in [3.05, 3.63) is 29.8 Å². The van der Waals surface area contributed by atoms with Crippen molar-refractivity contribution in [3.63, 3.8) is 0 Å². The molecular weight excluding hydrogens is 220 g/mol. The second kappa shape index (κ2) is 5.75. The number of benzene rings is 1. The molecule has 0 aliphatic carbocycles. The lowest BCUT2D eigenvalue weighted by molar-refractivity contribution is 0.349. The lowest BCUT2D eigenvalue weighted by Gasteiger charge is -2.34. The summed E-state index contributed by atoms with van der Waals surface area (Å²) in [7, 11) is 0. The van der Waals surface area contributed by atoms with Crippen LogP contribution in [0.5, 0.6) is 0 Å². The number of unbranched alkanes of at least 4 members (excludes halogenated alkanes) is 1. The molecule has 1 aliphatic heterocycles. The first-order valence-corrected chi connectivity index (χ1v) is 7.26. The number of anilines is 1. The Labute approximate surface area is 111 Å². The maximum atomic E-state index is 3.73. The van der Waals surface area contributed by atoms with Crippen molar-refractivity contribution in [3.8, 4) is 0 Å². The van der Waals surface area contributed by atoms with E-state index >= 15 is 0 Å². The molecule has 2 rings (SSSR count). The summed E-state index contributed by atoms with van der Waals surface area (Å²) in [5.41, 5.74) is 3.09. The largest absolute Gasteiger partial charge is 0.369 e. The Kier molecular flexibility index (Phi) is 4.28. The van der Waals surface area contributed by atoms with Crippen molar-refractivity contribution in [1.29, 1.82) is 0 Å². The molecule has 1 unspecified atom stereocenters. The third-order valence-corrected chi connectivity index (χ3v) is 4.14. The molecule has 0 radical (unpaired) electrons. The molecule has 1 atom stereocenters. The highest BCUT2D eigenvalue weighted by atomic mass is 15.2. The zero-order valence-electron chi connectivity index (χ0n) is 12.0. The van der Waals surface area contributed by atoms with Crippen LogP contribution in [-0.2, 0) is 6.54 Å². The van der Waals surface area contributed by atoms with Gasteiger partial charge in [0.05, 0.1) is 0 Å². The van der Waals surface area contributed by atoms with E-state index in [9.17, 15) is 0 Å². The van der Waals surface area contributed by atoms with Gasteiger partial charge in [-0.15, -0.1) is 0 Å². The van der Waals surface area contributed by atoms with E-state index in [1.54, 1.807) is 0 Å². The Bertz CT molecular complexity index is 388. The van der Waals surface area contributed by atoms with Crippen LogP contribution in [0.4, 0.5) is 5.69 Å². The fraction of sp³-hybridized carbons (Fsp3) is 0.625. The smallest absolute Gasteiger partial charge is 0.0412 e. The van der Waals surface area contributed by atoms with Gasteiger partial charge in [0.15, 0.2) is 0 Å². The van der Waals surface area contributed by atoms with Crippen LogP contribution >= 0.6 is 0 Å². The average Bonchev–Trinajstić information content (AvgIpc) is 2.55. The maximum absolute atomic E-state index is 3.73. The van der Waals surface area contributed by atoms with Crippen molar-refractivity contribution in [2.75, 3.05) is 18.0 Å². The van der Waals surface area contributed by atoms with Crippen LogP contribution in [0.15, 0.2) is 24.3 Å². The molecule has 0 saturated heterocycles. The first kappa shape index (κ1) is 13.4. The predicted molar refractivity (Wildman–Crippen MR) is 79.1 cm³/mol. The van der Waals surface area contributed by atoms with Gasteiger partial charge in [0, 0.05) is 30.9 Å². The van der Waals surface area contributed by atoms with Crippen LogP contribution in [-0.4, -0.2) is 18.6 Å². The minimum Gasteiger partial charge on any atom is -0.369 e. The van der Waals surface area contributed by atoms with Gasteiger partial charge >= 0.3 is 0 Å². The monoisotopic (exact) mass is 246 g/mol. The molecule has 18 heavy (non-hydrogen) atoms. The number of para-hydroxylation sites is 1. The molecular formula is C16H26N2. The van der Waals surface area contributed by atoms with E-state index in [1.165, 1.54) is 37.1 Å². The number of rotatable bonds is 4. The summed E-state index contributed by atoms with van der Waals surface area (Å²) < 4.78 is 0. The molecule has 2 nitrogen and oxygen atoms in total. The normalized spacial score (nSPS) is 23.6. The summed E-state index contributed by atoms with van der Waals surface area (Å²) in [6.45, 7) is 10.2. The predicted octanol–water partition coefficient (Wildman–Crippen LogP) is 3.57. The summed E-state index contributed by atoms with van der Waals surface area (Å²) in [4.78, 5) is 2.57. The quantitative estimate of drug-likeness (QED) is 0.874. The van der Waals surface area contributed by atoms with Crippen molar-refractivity contribution < 1.29 is 0 Å². The Morgan fingerprint density at radius 3 is 2.78 bits per heavy atom. The first-order valence-electron chi connectivity index (χ1n) is 7.26. The minimum atomic E-state index is 0.229. The number of fused-ring (bicyclic) bond motifs is 1. The fourth-order valence-corrected chi connectivity index (χ4v) is 2.63. The molecule has 0 fully saturated rings. The van der Waals surface area contributed by atoms with Crippen LogP contribution < -0.4 is 10.2 Å². The molecule has 2 heteroatoms. The molecule has 1 aromatic carbocycles. The van der Waals surface area contributed by atoms with E-state index in [0.717, 1.165) is 13.1 Å². The molecule has 0 amide bonds. The lowest BCUT2D eigenvalue weighted by atomic mass is 9.98. The zero-order valence-corrected chi connectivity index (χ0v) is 12.0. The van der Waals surface area contributed by atoms with Gasteiger partial charge in [-0.3, -0.25) is 0 Å². The Hall–Kier alpha value is -1.02. The maximum Gasteiger partial charge on any atom is 0.0412 e. The molecule has 1 N–H and O–H groups in total. The number of hydrogen-bond acceptors (Lipinski definition) is 2. The van der Waals surface area contributed by atoms with Crippen LogP contribution in [0.25, 0.3) is 0 Å². The van der Waals surface area contributed by atoms with Gasteiger partial charge in [-0.25, -0.2) is 0 Å². The van der Waals surface area contributed by atoms with Gasteiger partial charge in [0.25, 0.3) is 0 Å². The third-order valence-electron chi connectivity index (χ3n) is 4.14. The van der Waals surface area contributed by atoms with E-state index < -0.39 is 0 Å². The molecule has 1 aliphatic rings. The molecule has 100 valence electrons. The van der Waals surface area contributed by atoms with Crippen LogP contribution in [0.2, 0.25) is 0 Å². The number of nitrogens with zero attached hydrogens (tertiary/aromatic N) is 1. The highest BCUT2D eigenvalue weighted by molar-refractivity contribution is 5.55. The van der Waals surface area contributed by atoms with Gasteiger partial charge in [-0.1, -0.05) is 38.5 Å². The molecule has 0 bridgehead atoms. The summed E-state index contributed by atoms with van der Waals surface area (Å²) in [6.07, 6.45) is 3.70. The van der Waals surface area contributed by atoms with Crippen LogP contribution in [0, 0.1) is 0 Å². The molecule has 0 aromatic heterocycles. The van der Waals surface area contributed by atoms with Gasteiger partial charge in [0.1, 0.15) is 0 Å². The van der Waals surface area contributed by atoms with E-state index in [1.807, 2.05) is 0 Å². The summed E-state index contributed by atoms with van der Waals surface area (Å²) >= 11 is 0. The summed E-state index contributed by atoms with van der Waals surface area (Å²) in [5, 5.41) is 3.73. The summed E-state index contributed by atoms with van der Waals surface area (Å²) in [6, 6.07) is 8.83. The van der Waals surface area contributed by atoms with Crippen molar-refractivity contribution >= 4 is 5.69 Å². The third kappa shape index (κ3) is 2.86. The Balaban J connectivity index is 2.26. The van der Waals surface area contributed by atoms with E-state index in [-0.39, 0.29) is 5.54 Å². The molecule has 0 saturated carbocycles. The highest BCUT2D eigenvalue weighted by Crippen LogP contribution is 2.27. The van der Waals surface area contributed by atoms with Gasteiger partial charge < -0.3 is 10.2 Å². The Morgan fingerprint density at radius 1 is 1.28 bits per heavy atom. The van der Waals surface area contributed by atoms with Crippen LogP contribution in [0.3, 0.4) is 0 Å². The lowest BCUT2D eigenvalue weighted by Crippen LogP contribution is -2.49. The van der Waals surface area contributed by atoms with Crippen molar-refractivity contribution in [2.24, 2.45) is 0 Å². The average molecular weight is 246 g/mol. The topological polar surface area (TPSA) is 15.3 Å². The molecule has 0 spiro atoms. The minimum absolute atomic E-state index is 0.229. The van der Waals surface area contributed by atoms with Gasteiger partial charge in [0.2, 0.25) is 0 Å². The molecule has 1 heterocycles. The van der Waals surface area contributed by atoms with E-state index in [4.69, 9.17) is 0 Å². The summed E-state index contributed by atoms with van der Waals surface area (Å²) in [5.74, 6) is 0.